The van der Waals surface area contributed by atoms with Crippen LogP contribution in [0.25, 0.3) is 0 Å². The van der Waals surface area contributed by atoms with Gasteiger partial charge in [-0.15, -0.1) is 0 Å². The Hall–Kier alpha value is -1.36. The van der Waals surface area contributed by atoms with Crippen LogP contribution in [0.3, 0.4) is 0 Å². The van der Waals surface area contributed by atoms with Gasteiger partial charge >= 0.3 is 0 Å². The molecular formula is C32H50O2SSi. The molecule has 0 unspecified atom stereocenters. The second-order valence-corrected chi connectivity index (χ2v) is 17.7. The first-order valence-corrected chi connectivity index (χ1v) is 16.8. The summed E-state index contributed by atoms with van der Waals surface area (Å²) in [6, 6.07) is 21.9. The normalized spacial score (nSPS) is 15.8. The monoisotopic (exact) mass is 526 g/mol. The van der Waals surface area contributed by atoms with Gasteiger partial charge < -0.3 is 4.43 Å². The van der Waals surface area contributed by atoms with Gasteiger partial charge in [0.25, 0.3) is 8.32 Å². The number of hydrogen-bond donors (Lipinski definition) is 0. The summed E-state index contributed by atoms with van der Waals surface area (Å²) in [5.41, 5.74) is 0. The van der Waals surface area contributed by atoms with E-state index in [2.05, 4.69) is 116 Å². The zero-order valence-electron chi connectivity index (χ0n) is 24.1. The molecule has 0 radical (unpaired) electrons. The summed E-state index contributed by atoms with van der Waals surface area (Å²) in [6.07, 6.45) is 4.22. The van der Waals surface area contributed by atoms with E-state index in [1.165, 1.54) is 35.0 Å². The van der Waals surface area contributed by atoms with Crippen LogP contribution in [0.1, 0.15) is 81.1 Å². The highest BCUT2D eigenvalue weighted by Gasteiger charge is 2.50. The molecule has 2 aromatic rings. The van der Waals surface area contributed by atoms with Gasteiger partial charge in [-0.2, -0.15) is 0 Å². The van der Waals surface area contributed by atoms with E-state index in [9.17, 15) is 4.79 Å². The topological polar surface area (TPSA) is 26.3 Å². The Morgan fingerprint density at radius 2 is 1.22 bits per heavy atom. The van der Waals surface area contributed by atoms with Crippen molar-refractivity contribution in [2.75, 3.05) is 12.4 Å². The van der Waals surface area contributed by atoms with E-state index in [-0.39, 0.29) is 5.04 Å². The van der Waals surface area contributed by atoms with Crippen LogP contribution in [0.5, 0.6) is 0 Å². The first-order valence-electron chi connectivity index (χ1n) is 13.9. The molecule has 0 heterocycles. The Balaban J connectivity index is 2.05. The lowest BCUT2D eigenvalue weighted by molar-refractivity contribution is -0.111. The molecule has 4 atom stereocenters. The molecule has 0 bridgehead atoms. The maximum absolute atomic E-state index is 12.0. The van der Waals surface area contributed by atoms with Crippen molar-refractivity contribution in [3.05, 3.63) is 60.7 Å². The third-order valence-electron chi connectivity index (χ3n) is 7.24. The summed E-state index contributed by atoms with van der Waals surface area (Å²) >= 11 is 1.47. The van der Waals surface area contributed by atoms with Gasteiger partial charge in [0.2, 0.25) is 0 Å². The molecule has 0 aliphatic carbocycles. The van der Waals surface area contributed by atoms with Crippen LogP contribution < -0.4 is 10.4 Å². The van der Waals surface area contributed by atoms with Crippen LogP contribution in [0.15, 0.2) is 60.7 Å². The molecule has 36 heavy (non-hydrogen) atoms. The summed E-state index contributed by atoms with van der Waals surface area (Å²) in [7, 11) is -2.47. The average Bonchev–Trinajstić information content (AvgIpc) is 2.79. The molecule has 0 N–H and O–H groups in total. The van der Waals surface area contributed by atoms with Gasteiger partial charge in [0.15, 0.2) is 5.12 Å². The van der Waals surface area contributed by atoms with Gasteiger partial charge in [-0.3, -0.25) is 4.79 Å². The highest BCUT2D eigenvalue weighted by atomic mass is 32.2. The van der Waals surface area contributed by atoms with E-state index in [4.69, 9.17) is 4.43 Å². The largest absolute Gasteiger partial charge is 0.407 e. The molecule has 0 spiro atoms. The van der Waals surface area contributed by atoms with E-state index in [0.717, 1.165) is 18.8 Å². The van der Waals surface area contributed by atoms with Crippen molar-refractivity contribution < 1.29 is 9.22 Å². The molecular weight excluding hydrogens is 477 g/mol. The number of thioether (sulfide) groups is 1. The first kappa shape index (κ1) is 30.9. The molecule has 0 saturated carbocycles. The predicted molar refractivity (Wildman–Crippen MR) is 162 cm³/mol. The van der Waals surface area contributed by atoms with Crippen molar-refractivity contribution in [3.8, 4) is 0 Å². The summed E-state index contributed by atoms with van der Waals surface area (Å²) in [6.45, 7) is 19.2. The van der Waals surface area contributed by atoms with Crippen LogP contribution in [0, 0.1) is 23.7 Å². The Labute approximate surface area is 227 Å². The smallest absolute Gasteiger partial charge is 0.261 e. The minimum atomic E-state index is -2.47. The predicted octanol–water partition coefficient (Wildman–Crippen LogP) is 7.95. The fourth-order valence-corrected chi connectivity index (χ4v) is 11.4. The second-order valence-electron chi connectivity index (χ2n) is 12.1. The van der Waals surface area contributed by atoms with Crippen LogP contribution in [-0.2, 0) is 9.22 Å². The molecule has 0 fully saturated rings. The van der Waals surface area contributed by atoms with Crippen LogP contribution in [0.2, 0.25) is 5.04 Å². The number of benzene rings is 2. The van der Waals surface area contributed by atoms with E-state index in [1.54, 1.807) is 0 Å². The van der Waals surface area contributed by atoms with Gasteiger partial charge in [0.05, 0.1) is 0 Å². The molecule has 0 saturated heterocycles. The van der Waals surface area contributed by atoms with E-state index in [0.29, 0.717) is 35.2 Å². The van der Waals surface area contributed by atoms with Crippen molar-refractivity contribution >= 4 is 35.6 Å². The highest BCUT2D eigenvalue weighted by Crippen LogP contribution is 2.37. The first-order chi connectivity index (χ1) is 17.0. The number of carbonyl (C=O) groups is 1. The van der Waals surface area contributed by atoms with Crippen LogP contribution in [-0.4, -0.2) is 25.8 Å². The van der Waals surface area contributed by atoms with E-state index >= 15 is 0 Å². The fraction of sp³-hybridized carbons (Fsp3) is 0.594. The molecule has 0 aliphatic heterocycles. The van der Waals surface area contributed by atoms with E-state index in [1.807, 2.05) is 0 Å². The van der Waals surface area contributed by atoms with Crippen molar-refractivity contribution in [3.63, 3.8) is 0 Å². The van der Waals surface area contributed by atoms with Crippen molar-refractivity contribution in [1.29, 1.82) is 0 Å². The van der Waals surface area contributed by atoms with Crippen LogP contribution >= 0.6 is 11.8 Å². The molecule has 4 heteroatoms. The Kier molecular flexibility index (Phi) is 12.5. The Bertz CT molecular complexity index is 854. The van der Waals surface area contributed by atoms with Gasteiger partial charge in [-0.1, -0.05) is 128 Å². The summed E-state index contributed by atoms with van der Waals surface area (Å²) in [5.74, 6) is 3.12. The molecule has 2 aromatic carbocycles. The second kappa shape index (κ2) is 14.5. The SMILES string of the molecule is CCSC(=O)C[C@@H](C)C[C@@H](C)C[C@@H](C)C[C@@H](C)CO[Si](c1ccccc1)(c1ccccc1)C(C)(C)C. The van der Waals surface area contributed by atoms with Gasteiger partial charge in [0, 0.05) is 13.0 Å². The van der Waals surface area contributed by atoms with Gasteiger partial charge in [-0.05, 0) is 64.1 Å². The summed E-state index contributed by atoms with van der Waals surface area (Å²) in [5, 5.41) is 3.06. The third-order valence-corrected chi connectivity index (χ3v) is 13.0. The van der Waals surface area contributed by atoms with Crippen molar-refractivity contribution in [2.24, 2.45) is 23.7 Å². The number of rotatable bonds is 14. The summed E-state index contributed by atoms with van der Waals surface area (Å²) in [4.78, 5) is 12.0. The minimum absolute atomic E-state index is 0.0131. The standard InChI is InChI=1S/C32H50O2SSi/c1-9-35-31(33)23-27(4)21-25(2)20-26(3)22-28(5)24-34-36(32(6,7)8,29-16-12-10-13-17-29)30-18-14-11-15-19-30/h10-19,25-28H,9,20-24H2,1-8H3/t25-,26+,27-,28+/m0/s1. The zero-order valence-corrected chi connectivity index (χ0v) is 25.9. The molecule has 0 aliphatic rings. The fourth-order valence-electron chi connectivity index (χ4n) is 5.94. The highest BCUT2D eigenvalue weighted by molar-refractivity contribution is 8.13. The quantitative estimate of drug-likeness (QED) is 0.234. The lowest BCUT2D eigenvalue weighted by Gasteiger charge is -2.43. The minimum Gasteiger partial charge on any atom is -0.407 e. The molecule has 2 nitrogen and oxygen atoms in total. The molecule has 200 valence electrons. The Morgan fingerprint density at radius 1 is 0.778 bits per heavy atom. The van der Waals surface area contributed by atoms with Gasteiger partial charge in [-0.25, -0.2) is 0 Å². The third kappa shape index (κ3) is 8.88. The average molecular weight is 527 g/mol. The lowest BCUT2D eigenvalue weighted by atomic mass is 9.85. The number of hydrogen-bond acceptors (Lipinski definition) is 3. The molecule has 0 aromatic heterocycles. The number of carbonyl (C=O) groups excluding carboxylic acids is 1. The van der Waals surface area contributed by atoms with Crippen LogP contribution in [0.4, 0.5) is 0 Å². The van der Waals surface area contributed by atoms with Gasteiger partial charge in [0.1, 0.15) is 0 Å². The van der Waals surface area contributed by atoms with Crippen molar-refractivity contribution in [2.45, 2.75) is 86.1 Å². The van der Waals surface area contributed by atoms with E-state index < -0.39 is 8.32 Å². The van der Waals surface area contributed by atoms with Crippen molar-refractivity contribution in [1.82, 2.24) is 0 Å². The maximum atomic E-state index is 12.0. The zero-order chi connectivity index (χ0) is 26.8. The maximum Gasteiger partial charge on any atom is 0.261 e. The Morgan fingerprint density at radius 3 is 1.67 bits per heavy atom. The summed E-state index contributed by atoms with van der Waals surface area (Å²) < 4.78 is 7.16. The molecule has 2 rings (SSSR count). The lowest BCUT2D eigenvalue weighted by Crippen LogP contribution is -2.66. The molecule has 0 amide bonds.